The molecule has 1 atom stereocenters. The van der Waals surface area contributed by atoms with E-state index >= 15 is 0 Å². The maximum Gasteiger partial charge on any atom is 0.261 e. The van der Waals surface area contributed by atoms with Crippen LogP contribution in [0.3, 0.4) is 0 Å². The number of nitrogens with one attached hydrogen (secondary N) is 1. The van der Waals surface area contributed by atoms with Gasteiger partial charge in [0.05, 0.1) is 0 Å². The lowest BCUT2D eigenvalue weighted by Crippen LogP contribution is -2.49. The molecule has 0 fully saturated rings. The van der Waals surface area contributed by atoms with Gasteiger partial charge in [-0.15, -0.1) is 0 Å². The van der Waals surface area contributed by atoms with E-state index in [0.29, 0.717) is 33.8 Å². The summed E-state index contributed by atoms with van der Waals surface area (Å²) in [5, 5.41) is 3.77. The lowest BCUT2D eigenvalue weighted by molar-refractivity contribution is -0.142. The summed E-state index contributed by atoms with van der Waals surface area (Å²) in [6.45, 7) is 12.4. The molecule has 33 heavy (non-hydrogen) atoms. The Kier molecular flexibility index (Phi) is 9.62. The van der Waals surface area contributed by atoms with Crippen molar-refractivity contribution in [3.8, 4) is 5.75 Å². The normalized spacial score (nSPS) is 12.4. The van der Waals surface area contributed by atoms with E-state index in [1.165, 1.54) is 4.90 Å². The monoisotopic (exact) mass is 492 g/mol. The highest BCUT2D eigenvalue weighted by Gasteiger charge is 2.28. The Bertz CT molecular complexity index is 950. The summed E-state index contributed by atoms with van der Waals surface area (Å²) in [6.07, 6.45) is 0. The van der Waals surface area contributed by atoms with Crippen LogP contribution in [0.15, 0.2) is 42.5 Å². The summed E-state index contributed by atoms with van der Waals surface area (Å²) < 4.78 is 5.94. The second-order valence-electron chi connectivity index (χ2n) is 9.57. The minimum Gasteiger partial charge on any atom is -0.483 e. The molecule has 0 aliphatic heterocycles. The fourth-order valence-electron chi connectivity index (χ4n) is 3.32. The van der Waals surface area contributed by atoms with Crippen LogP contribution < -0.4 is 10.1 Å². The lowest BCUT2D eigenvalue weighted by Gasteiger charge is -2.30. The lowest BCUT2D eigenvalue weighted by atomic mass is 9.86. The van der Waals surface area contributed by atoms with Crippen LogP contribution in [0.1, 0.15) is 52.7 Å². The van der Waals surface area contributed by atoms with Crippen LogP contribution >= 0.6 is 23.2 Å². The molecular formula is C26H34Cl2N2O3. The van der Waals surface area contributed by atoms with E-state index in [1.807, 2.05) is 38.1 Å². The van der Waals surface area contributed by atoms with Crippen molar-refractivity contribution in [2.45, 2.75) is 59.5 Å². The zero-order chi connectivity index (χ0) is 24.8. The van der Waals surface area contributed by atoms with Gasteiger partial charge in [-0.3, -0.25) is 9.59 Å². The molecule has 0 unspecified atom stereocenters. The molecule has 0 bridgehead atoms. The van der Waals surface area contributed by atoms with Gasteiger partial charge in [-0.2, -0.15) is 0 Å². The first kappa shape index (κ1) is 27.0. The van der Waals surface area contributed by atoms with Crippen LogP contribution in [0.4, 0.5) is 0 Å². The first-order chi connectivity index (χ1) is 15.4. The molecule has 2 rings (SSSR count). The Morgan fingerprint density at radius 3 is 2.18 bits per heavy atom. The largest absolute Gasteiger partial charge is 0.483 e. The van der Waals surface area contributed by atoms with E-state index in [1.54, 1.807) is 25.1 Å². The van der Waals surface area contributed by atoms with Crippen LogP contribution in [0, 0.1) is 5.92 Å². The number of nitrogens with zero attached hydrogens (tertiary/aromatic N) is 1. The van der Waals surface area contributed by atoms with Crippen molar-refractivity contribution in [2.24, 2.45) is 5.92 Å². The number of hydrogen-bond acceptors (Lipinski definition) is 3. The van der Waals surface area contributed by atoms with Crippen molar-refractivity contribution < 1.29 is 14.3 Å². The van der Waals surface area contributed by atoms with E-state index in [0.717, 1.165) is 5.56 Å². The number of hydrogen-bond donors (Lipinski definition) is 1. The molecule has 0 aliphatic rings. The van der Waals surface area contributed by atoms with Crippen LogP contribution in [-0.2, 0) is 21.5 Å². The molecule has 0 aromatic heterocycles. The van der Waals surface area contributed by atoms with Gasteiger partial charge < -0.3 is 15.0 Å². The summed E-state index contributed by atoms with van der Waals surface area (Å²) in [7, 11) is 0. The van der Waals surface area contributed by atoms with Crippen molar-refractivity contribution >= 4 is 35.0 Å². The average Bonchev–Trinajstić information content (AvgIpc) is 2.74. The molecule has 5 nitrogen and oxygen atoms in total. The van der Waals surface area contributed by atoms with Gasteiger partial charge in [-0.1, -0.05) is 82.1 Å². The third kappa shape index (κ3) is 7.65. The number of benzene rings is 2. The number of carbonyl (C=O) groups excluding carboxylic acids is 2. The number of carbonyl (C=O) groups is 2. The maximum absolute atomic E-state index is 13.3. The van der Waals surface area contributed by atoms with Crippen molar-refractivity contribution in [2.75, 3.05) is 13.2 Å². The molecule has 0 saturated carbocycles. The van der Waals surface area contributed by atoms with Gasteiger partial charge in [-0.05, 0) is 42.0 Å². The predicted octanol–water partition coefficient (Wildman–Crippen LogP) is 5.86. The second-order valence-corrected chi connectivity index (χ2v) is 10.4. The highest BCUT2D eigenvalue weighted by Crippen LogP contribution is 2.31. The van der Waals surface area contributed by atoms with Crippen molar-refractivity contribution in [1.29, 1.82) is 0 Å². The Hall–Kier alpha value is -2.24. The number of rotatable bonds is 9. The van der Waals surface area contributed by atoms with Gasteiger partial charge in [-0.25, -0.2) is 0 Å². The first-order valence-corrected chi connectivity index (χ1v) is 11.9. The number of para-hydroxylation sites is 1. The quantitative estimate of drug-likeness (QED) is 0.476. The standard InChI is InChI=1S/C26H34Cl2N2O3/c1-17(2)14-29-25(32)18(3)30(15-19-21(27)11-9-12-22(19)28)24(31)16-33-23-13-8-7-10-20(23)26(4,5)6/h7-13,17-18H,14-16H2,1-6H3,(H,29,32)/t18-/m0/s1. The van der Waals surface area contributed by atoms with Crippen LogP contribution in [0.25, 0.3) is 0 Å². The summed E-state index contributed by atoms with van der Waals surface area (Å²) >= 11 is 12.7. The van der Waals surface area contributed by atoms with Crippen LogP contribution in [0.5, 0.6) is 5.75 Å². The molecule has 2 aromatic carbocycles. The van der Waals surface area contributed by atoms with E-state index < -0.39 is 6.04 Å². The minimum absolute atomic E-state index is 0.0951. The fourth-order valence-corrected chi connectivity index (χ4v) is 3.84. The minimum atomic E-state index is -0.731. The Morgan fingerprint density at radius 2 is 1.61 bits per heavy atom. The third-order valence-electron chi connectivity index (χ3n) is 5.29. The van der Waals surface area contributed by atoms with Gasteiger partial charge >= 0.3 is 0 Å². The SMILES string of the molecule is CC(C)CNC(=O)[C@H](C)N(Cc1c(Cl)cccc1Cl)C(=O)COc1ccccc1C(C)(C)C. The van der Waals surface area contributed by atoms with Gasteiger partial charge in [0.15, 0.2) is 6.61 Å². The summed E-state index contributed by atoms with van der Waals surface area (Å²) in [5.41, 5.74) is 1.45. The fraction of sp³-hybridized carbons (Fsp3) is 0.462. The van der Waals surface area contributed by atoms with Crippen molar-refractivity contribution in [3.63, 3.8) is 0 Å². The zero-order valence-electron chi connectivity index (χ0n) is 20.2. The molecule has 0 heterocycles. The molecule has 0 aliphatic carbocycles. The summed E-state index contributed by atoms with van der Waals surface area (Å²) in [6, 6.07) is 12.1. The van der Waals surface area contributed by atoms with E-state index in [4.69, 9.17) is 27.9 Å². The predicted molar refractivity (Wildman–Crippen MR) is 135 cm³/mol. The van der Waals surface area contributed by atoms with Crippen molar-refractivity contribution in [1.82, 2.24) is 10.2 Å². The average molecular weight is 493 g/mol. The highest BCUT2D eigenvalue weighted by molar-refractivity contribution is 6.36. The smallest absolute Gasteiger partial charge is 0.261 e. The molecule has 2 amide bonds. The molecule has 7 heteroatoms. The van der Waals surface area contributed by atoms with E-state index in [-0.39, 0.29) is 30.4 Å². The number of amides is 2. The van der Waals surface area contributed by atoms with Gasteiger partial charge in [0.2, 0.25) is 5.91 Å². The van der Waals surface area contributed by atoms with E-state index in [9.17, 15) is 9.59 Å². The number of halogens is 2. The highest BCUT2D eigenvalue weighted by atomic mass is 35.5. The Labute approximate surface area is 207 Å². The van der Waals surface area contributed by atoms with Gasteiger partial charge in [0.1, 0.15) is 11.8 Å². The van der Waals surface area contributed by atoms with Gasteiger partial charge in [0.25, 0.3) is 5.91 Å². The summed E-state index contributed by atoms with van der Waals surface area (Å²) in [5.74, 6) is 0.365. The van der Waals surface area contributed by atoms with Gasteiger partial charge in [0, 0.05) is 28.7 Å². The number of ether oxygens (including phenoxy) is 1. The van der Waals surface area contributed by atoms with E-state index in [2.05, 4.69) is 26.1 Å². The molecule has 1 N–H and O–H groups in total. The zero-order valence-corrected chi connectivity index (χ0v) is 21.8. The van der Waals surface area contributed by atoms with Crippen molar-refractivity contribution in [3.05, 3.63) is 63.6 Å². The van der Waals surface area contributed by atoms with Crippen LogP contribution in [0.2, 0.25) is 10.0 Å². The summed E-state index contributed by atoms with van der Waals surface area (Å²) in [4.78, 5) is 27.6. The third-order valence-corrected chi connectivity index (χ3v) is 6.00. The Morgan fingerprint density at radius 1 is 1.00 bits per heavy atom. The van der Waals surface area contributed by atoms with Crippen LogP contribution in [-0.4, -0.2) is 35.9 Å². The molecule has 2 aromatic rings. The second kappa shape index (κ2) is 11.8. The topological polar surface area (TPSA) is 58.6 Å². The Balaban J connectivity index is 2.27. The molecule has 0 radical (unpaired) electrons. The molecule has 180 valence electrons. The molecule has 0 saturated heterocycles. The molecular weight excluding hydrogens is 459 g/mol. The molecule has 0 spiro atoms. The first-order valence-electron chi connectivity index (χ1n) is 11.1. The maximum atomic E-state index is 13.3.